The number of nitrogens with one attached hydrogen (secondary N) is 1. The van der Waals surface area contributed by atoms with Crippen LogP contribution in [0.1, 0.15) is 5.56 Å². The lowest BCUT2D eigenvalue weighted by Gasteiger charge is -2.14. The maximum atomic E-state index is 10.9. The molecule has 0 atom stereocenters. The lowest BCUT2D eigenvalue weighted by Crippen LogP contribution is -2.09. The van der Waals surface area contributed by atoms with Gasteiger partial charge in [-0.3, -0.25) is 10.1 Å². The van der Waals surface area contributed by atoms with E-state index < -0.39 is 0 Å². The van der Waals surface area contributed by atoms with Gasteiger partial charge < -0.3 is 10.2 Å². The van der Waals surface area contributed by atoms with Gasteiger partial charge in [-0.1, -0.05) is 22.0 Å². The van der Waals surface area contributed by atoms with Gasteiger partial charge in [0.1, 0.15) is 0 Å². The lowest BCUT2D eigenvalue weighted by molar-refractivity contribution is -0.385. The summed E-state index contributed by atoms with van der Waals surface area (Å²) in [6.45, 7) is 0.525. The van der Waals surface area contributed by atoms with Crippen LogP contribution in [-0.4, -0.2) is 19.0 Å². The van der Waals surface area contributed by atoms with Crippen LogP contribution in [0.4, 0.5) is 17.1 Å². The summed E-state index contributed by atoms with van der Waals surface area (Å²) in [6.07, 6.45) is 0. The molecule has 0 fully saturated rings. The smallest absolute Gasteiger partial charge is 0.270 e. The number of anilines is 2. The molecule has 2 rings (SSSR count). The van der Waals surface area contributed by atoms with E-state index >= 15 is 0 Å². The Morgan fingerprint density at radius 1 is 1.24 bits per heavy atom. The molecule has 0 saturated carbocycles. The molecule has 0 unspecified atom stereocenters. The molecule has 0 aliphatic carbocycles. The molecule has 5 nitrogen and oxygen atoms in total. The van der Waals surface area contributed by atoms with E-state index in [1.54, 1.807) is 6.07 Å². The van der Waals surface area contributed by atoms with Gasteiger partial charge in [0.25, 0.3) is 5.69 Å². The van der Waals surface area contributed by atoms with Crippen LogP contribution in [0.25, 0.3) is 0 Å². The Morgan fingerprint density at radius 2 is 2.00 bits per heavy atom. The minimum atomic E-state index is -0.388. The van der Waals surface area contributed by atoms with Crippen LogP contribution in [0.15, 0.2) is 46.9 Å². The Hall–Kier alpha value is -2.08. The summed E-state index contributed by atoms with van der Waals surface area (Å²) in [5.41, 5.74) is 3.01. The van der Waals surface area contributed by atoms with Gasteiger partial charge >= 0.3 is 0 Å². The summed E-state index contributed by atoms with van der Waals surface area (Å²) in [5, 5.41) is 14.1. The highest BCUT2D eigenvalue weighted by molar-refractivity contribution is 9.10. The van der Waals surface area contributed by atoms with E-state index in [4.69, 9.17) is 0 Å². The van der Waals surface area contributed by atoms with Gasteiger partial charge in [-0.25, -0.2) is 0 Å². The molecular formula is C15H16BrN3O2. The molecule has 0 bridgehead atoms. The van der Waals surface area contributed by atoms with E-state index in [0.29, 0.717) is 11.0 Å². The maximum Gasteiger partial charge on any atom is 0.270 e. The van der Waals surface area contributed by atoms with Crippen molar-refractivity contribution in [1.82, 2.24) is 0 Å². The Morgan fingerprint density at radius 3 is 2.67 bits per heavy atom. The normalized spacial score (nSPS) is 10.2. The minimum absolute atomic E-state index is 0.0863. The number of benzene rings is 2. The zero-order valence-corrected chi connectivity index (χ0v) is 13.4. The maximum absolute atomic E-state index is 10.9. The fourth-order valence-electron chi connectivity index (χ4n) is 1.94. The van der Waals surface area contributed by atoms with Crippen LogP contribution in [-0.2, 0) is 6.54 Å². The Balaban J connectivity index is 2.13. The standard InChI is InChI=1S/C15H16BrN3O2/c1-18(2)14-5-3-4-13(9-14)17-10-11-6-12(16)8-15(7-11)19(20)21/h3-9,17H,10H2,1-2H3. The zero-order valence-electron chi connectivity index (χ0n) is 11.8. The number of halogens is 1. The molecule has 6 heteroatoms. The van der Waals surface area contributed by atoms with Crippen molar-refractivity contribution in [3.63, 3.8) is 0 Å². The highest BCUT2D eigenvalue weighted by Crippen LogP contribution is 2.23. The van der Waals surface area contributed by atoms with Gasteiger partial charge in [-0.2, -0.15) is 0 Å². The van der Waals surface area contributed by atoms with E-state index in [2.05, 4.69) is 21.2 Å². The fourth-order valence-corrected chi connectivity index (χ4v) is 2.47. The second-order valence-electron chi connectivity index (χ2n) is 4.87. The number of nitrogens with zero attached hydrogens (tertiary/aromatic N) is 2. The molecule has 0 heterocycles. The first-order chi connectivity index (χ1) is 9.95. The molecular weight excluding hydrogens is 334 g/mol. The molecule has 0 radical (unpaired) electrons. The van der Waals surface area contributed by atoms with Crippen molar-refractivity contribution in [2.24, 2.45) is 0 Å². The molecule has 0 amide bonds. The molecule has 2 aromatic carbocycles. The van der Waals surface area contributed by atoms with Gasteiger partial charge in [0.15, 0.2) is 0 Å². The molecule has 110 valence electrons. The second kappa shape index (κ2) is 6.58. The van der Waals surface area contributed by atoms with E-state index in [1.165, 1.54) is 6.07 Å². The third-order valence-electron chi connectivity index (χ3n) is 3.01. The van der Waals surface area contributed by atoms with Gasteiger partial charge in [-0.15, -0.1) is 0 Å². The molecule has 1 N–H and O–H groups in total. The highest BCUT2D eigenvalue weighted by atomic mass is 79.9. The van der Waals surface area contributed by atoms with Crippen LogP contribution in [0, 0.1) is 10.1 Å². The fraction of sp³-hybridized carbons (Fsp3) is 0.200. The summed E-state index contributed by atoms with van der Waals surface area (Å²) in [5.74, 6) is 0. The number of rotatable bonds is 5. The zero-order chi connectivity index (χ0) is 15.4. The van der Waals surface area contributed by atoms with Crippen molar-refractivity contribution in [2.75, 3.05) is 24.3 Å². The van der Waals surface area contributed by atoms with Crippen LogP contribution >= 0.6 is 15.9 Å². The molecule has 2 aromatic rings. The summed E-state index contributed by atoms with van der Waals surface area (Å²) in [4.78, 5) is 12.5. The van der Waals surface area contributed by atoms with E-state index in [0.717, 1.165) is 16.9 Å². The predicted molar refractivity (Wildman–Crippen MR) is 88.9 cm³/mol. The Bertz CT molecular complexity index is 659. The first-order valence-electron chi connectivity index (χ1n) is 6.41. The van der Waals surface area contributed by atoms with Crippen molar-refractivity contribution >= 4 is 33.0 Å². The number of non-ortho nitro benzene ring substituents is 1. The second-order valence-corrected chi connectivity index (χ2v) is 5.79. The predicted octanol–water partition coefficient (Wildman–Crippen LogP) is 4.04. The van der Waals surface area contributed by atoms with Crippen LogP contribution < -0.4 is 10.2 Å². The third-order valence-corrected chi connectivity index (χ3v) is 3.47. The molecule has 0 saturated heterocycles. The SMILES string of the molecule is CN(C)c1cccc(NCc2cc(Br)cc([N+](=O)[O-])c2)c1. The summed E-state index contributed by atoms with van der Waals surface area (Å²) in [7, 11) is 3.97. The largest absolute Gasteiger partial charge is 0.381 e. The number of hydrogen-bond acceptors (Lipinski definition) is 4. The summed E-state index contributed by atoms with van der Waals surface area (Å²) >= 11 is 3.30. The number of nitro benzene ring substituents is 1. The lowest BCUT2D eigenvalue weighted by atomic mass is 10.2. The highest BCUT2D eigenvalue weighted by Gasteiger charge is 2.08. The summed E-state index contributed by atoms with van der Waals surface area (Å²) in [6, 6.07) is 12.9. The van der Waals surface area contributed by atoms with E-state index in [1.807, 2.05) is 49.3 Å². The van der Waals surface area contributed by atoms with Crippen molar-refractivity contribution in [3.8, 4) is 0 Å². The Labute approximate surface area is 131 Å². The Kier molecular flexibility index (Phi) is 4.80. The van der Waals surface area contributed by atoms with Crippen molar-refractivity contribution in [1.29, 1.82) is 0 Å². The quantitative estimate of drug-likeness (QED) is 0.653. The number of hydrogen-bond donors (Lipinski definition) is 1. The molecule has 0 aliphatic heterocycles. The average Bonchev–Trinajstić information content (AvgIpc) is 2.45. The molecule has 0 aromatic heterocycles. The van der Waals surface area contributed by atoms with Crippen LogP contribution in [0.5, 0.6) is 0 Å². The van der Waals surface area contributed by atoms with Gasteiger partial charge in [0.2, 0.25) is 0 Å². The van der Waals surface area contributed by atoms with Crippen molar-refractivity contribution in [3.05, 3.63) is 62.6 Å². The van der Waals surface area contributed by atoms with Crippen molar-refractivity contribution in [2.45, 2.75) is 6.54 Å². The van der Waals surface area contributed by atoms with E-state index in [-0.39, 0.29) is 10.6 Å². The van der Waals surface area contributed by atoms with Crippen LogP contribution in [0.3, 0.4) is 0 Å². The first-order valence-corrected chi connectivity index (χ1v) is 7.20. The molecule has 21 heavy (non-hydrogen) atoms. The average molecular weight is 350 g/mol. The minimum Gasteiger partial charge on any atom is -0.381 e. The van der Waals surface area contributed by atoms with Gasteiger partial charge in [0.05, 0.1) is 4.92 Å². The summed E-state index contributed by atoms with van der Waals surface area (Å²) < 4.78 is 0.704. The number of nitro groups is 1. The topological polar surface area (TPSA) is 58.4 Å². The first kappa shape index (κ1) is 15.3. The molecule has 0 aliphatic rings. The third kappa shape index (κ3) is 4.19. The van der Waals surface area contributed by atoms with Crippen LogP contribution in [0.2, 0.25) is 0 Å². The van der Waals surface area contributed by atoms with Gasteiger partial charge in [0, 0.05) is 48.6 Å². The van der Waals surface area contributed by atoms with Gasteiger partial charge in [-0.05, 0) is 29.8 Å². The molecule has 0 spiro atoms. The monoisotopic (exact) mass is 349 g/mol. The van der Waals surface area contributed by atoms with E-state index in [9.17, 15) is 10.1 Å². The van der Waals surface area contributed by atoms with Crippen molar-refractivity contribution < 1.29 is 4.92 Å².